The third-order valence-corrected chi connectivity index (χ3v) is 4.68. The maximum absolute atomic E-state index is 12.8. The molecule has 0 aromatic heterocycles. The van der Waals surface area contributed by atoms with Gasteiger partial charge >= 0.3 is 0 Å². The lowest BCUT2D eigenvalue weighted by molar-refractivity contribution is 0.0608. The summed E-state index contributed by atoms with van der Waals surface area (Å²) in [6.45, 7) is 2.99. The molecule has 0 unspecified atom stereocenters. The molecule has 5 heteroatoms. The third kappa shape index (κ3) is 3.36. The Balaban J connectivity index is 1.97. The van der Waals surface area contributed by atoms with E-state index in [0.717, 1.165) is 31.1 Å². The SMILES string of the molecule is CCCCCCN1C(=O)c2cccc3c(OCCCl)ccc(c23)C1=O. The molecule has 1 heterocycles. The van der Waals surface area contributed by atoms with E-state index in [9.17, 15) is 9.59 Å². The lowest BCUT2D eigenvalue weighted by atomic mass is 9.93. The molecular weight excluding hydrogens is 338 g/mol. The van der Waals surface area contributed by atoms with Gasteiger partial charge in [-0.05, 0) is 24.6 Å². The first-order chi connectivity index (χ1) is 12.2. The van der Waals surface area contributed by atoms with Gasteiger partial charge in [-0.1, -0.05) is 38.3 Å². The smallest absolute Gasteiger partial charge is 0.261 e. The molecule has 2 aromatic carbocycles. The van der Waals surface area contributed by atoms with E-state index >= 15 is 0 Å². The van der Waals surface area contributed by atoms with Gasteiger partial charge in [-0.2, -0.15) is 0 Å². The summed E-state index contributed by atoms with van der Waals surface area (Å²) < 4.78 is 5.67. The van der Waals surface area contributed by atoms with Crippen LogP contribution in [0.4, 0.5) is 0 Å². The third-order valence-electron chi connectivity index (χ3n) is 4.52. The van der Waals surface area contributed by atoms with Crippen LogP contribution in [0.3, 0.4) is 0 Å². The second-order valence-electron chi connectivity index (χ2n) is 6.20. The predicted octanol–water partition coefficient (Wildman–Crippen LogP) is 4.63. The van der Waals surface area contributed by atoms with E-state index in [4.69, 9.17) is 16.3 Å². The number of hydrogen-bond acceptors (Lipinski definition) is 3. The maximum atomic E-state index is 12.8. The normalized spacial score (nSPS) is 13.6. The summed E-state index contributed by atoms with van der Waals surface area (Å²) in [5.74, 6) is 0.605. The predicted molar refractivity (Wildman–Crippen MR) is 99.7 cm³/mol. The molecule has 1 aliphatic rings. The number of rotatable bonds is 8. The van der Waals surface area contributed by atoms with Gasteiger partial charge in [-0.15, -0.1) is 11.6 Å². The highest BCUT2D eigenvalue weighted by Crippen LogP contribution is 2.35. The summed E-state index contributed by atoms with van der Waals surface area (Å²) in [6.07, 6.45) is 4.10. The number of amides is 2. The van der Waals surface area contributed by atoms with Crippen molar-refractivity contribution < 1.29 is 14.3 Å². The van der Waals surface area contributed by atoms with Gasteiger partial charge in [0.15, 0.2) is 0 Å². The van der Waals surface area contributed by atoms with Crippen LogP contribution in [0.5, 0.6) is 5.75 Å². The van der Waals surface area contributed by atoms with Crippen LogP contribution in [-0.4, -0.2) is 35.7 Å². The van der Waals surface area contributed by atoms with Gasteiger partial charge in [0.2, 0.25) is 0 Å². The number of ether oxygens (including phenoxy) is 1. The van der Waals surface area contributed by atoms with Crippen molar-refractivity contribution in [3.63, 3.8) is 0 Å². The van der Waals surface area contributed by atoms with Crippen LogP contribution >= 0.6 is 11.6 Å². The summed E-state index contributed by atoms with van der Waals surface area (Å²) in [5.41, 5.74) is 1.14. The van der Waals surface area contributed by atoms with Crippen molar-refractivity contribution in [2.75, 3.05) is 19.0 Å². The molecule has 4 nitrogen and oxygen atoms in total. The molecular formula is C20H22ClNO3. The van der Waals surface area contributed by atoms with E-state index in [-0.39, 0.29) is 11.8 Å². The fourth-order valence-corrected chi connectivity index (χ4v) is 3.37. The number of carbonyl (C=O) groups is 2. The largest absolute Gasteiger partial charge is 0.492 e. The van der Waals surface area contributed by atoms with Crippen LogP contribution in [-0.2, 0) is 0 Å². The Kier molecular flexibility index (Phi) is 5.59. The van der Waals surface area contributed by atoms with Crippen molar-refractivity contribution >= 4 is 34.2 Å². The fraction of sp³-hybridized carbons (Fsp3) is 0.400. The highest BCUT2D eigenvalue weighted by Gasteiger charge is 2.32. The molecule has 0 saturated heterocycles. The molecule has 3 rings (SSSR count). The summed E-state index contributed by atoms with van der Waals surface area (Å²) in [6, 6.07) is 9.03. The van der Waals surface area contributed by atoms with Crippen LogP contribution in [0.1, 0.15) is 53.3 Å². The zero-order valence-electron chi connectivity index (χ0n) is 14.4. The topological polar surface area (TPSA) is 46.6 Å². The van der Waals surface area contributed by atoms with Gasteiger partial charge in [0, 0.05) is 28.4 Å². The average molecular weight is 360 g/mol. The highest BCUT2D eigenvalue weighted by molar-refractivity contribution is 6.26. The lowest BCUT2D eigenvalue weighted by Gasteiger charge is -2.27. The molecule has 0 saturated carbocycles. The van der Waals surface area contributed by atoms with Crippen molar-refractivity contribution in [1.29, 1.82) is 0 Å². The van der Waals surface area contributed by atoms with E-state index in [1.807, 2.05) is 12.1 Å². The Morgan fingerprint density at radius 2 is 1.76 bits per heavy atom. The number of benzene rings is 2. The minimum absolute atomic E-state index is 0.214. The van der Waals surface area contributed by atoms with Gasteiger partial charge in [-0.25, -0.2) is 0 Å². The van der Waals surface area contributed by atoms with Crippen molar-refractivity contribution in [2.24, 2.45) is 0 Å². The molecule has 0 spiro atoms. The fourth-order valence-electron chi connectivity index (χ4n) is 3.29. The summed E-state index contributed by atoms with van der Waals surface area (Å²) in [4.78, 5) is 27.1. The number of nitrogens with zero attached hydrogens (tertiary/aromatic N) is 1. The number of hydrogen-bond donors (Lipinski definition) is 0. The zero-order chi connectivity index (χ0) is 17.8. The zero-order valence-corrected chi connectivity index (χ0v) is 15.1. The highest BCUT2D eigenvalue weighted by atomic mass is 35.5. The molecule has 2 aromatic rings. The van der Waals surface area contributed by atoms with E-state index in [0.29, 0.717) is 41.3 Å². The van der Waals surface area contributed by atoms with E-state index in [2.05, 4.69) is 6.92 Å². The Morgan fingerprint density at radius 1 is 1.00 bits per heavy atom. The molecule has 0 aliphatic carbocycles. The number of carbonyl (C=O) groups excluding carboxylic acids is 2. The number of alkyl halides is 1. The molecule has 0 bridgehead atoms. The Bertz CT molecular complexity index is 781. The standard InChI is InChI=1S/C20H22ClNO3/c1-2-3-4-5-12-22-19(23)15-8-6-7-14-17(25-13-11-21)10-9-16(18(14)15)20(22)24/h6-10H,2-5,11-13H2,1H3. The van der Waals surface area contributed by atoms with Crippen molar-refractivity contribution in [3.05, 3.63) is 41.5 Å². The average Bonchev–Trinajstić information content (AvgIpc) is 2.64. The molecule has 2 amide bonds. The van der Waals surface area contributed by atoms with Crippen LogP contribution < -0.4 is 4.74 Å². The van der Waals surface area contributed by atoms with Crippen LogP contribution in [0.2, 0.25) is 0 Å². The van der Waals surface area contributed by atoms with E-state index < -0.39 is 0 Å². The molecule has 0 radical (unpaired) electrons. The molecule has 0 atom stereocenters. The molecule has 132 valence electrons. The lowest BCUT2D eigenvalue weighted by Crippen LogP contribution is -2.40. The number of unbranched alkanes of at least 4 members (excludes halogenated alkanes) is 3. The molecule has 1 aliphatic heterocycles. The van der Waals surface area contributed by atoms with Crippen molar-refractivity contribution in [1.82, 2.24) is 4.90 Å². The molecule has 25 heavy (non-hydrogen) atoms. The summed E-state index contributed by atoms with van der Waals surface area (Å²) >= 11 is 5.70. The summed E-state index contributed by atoms with van der Waals surface area (Å²) in [7, 11) is 0. The molecule has 0 fully saturated rings. The minimum Gasteiger partial charge on any atom is -0.492 e. The second-order valence-corrected chi connectivity index (χ2v) is 6.58. The van der Waals surface area contributed by atoms with Gasteiger partial charge in [-0.3, -0.25) is 14.5 Å². The van der Waals surface area contributed by atoms with Crippen molar-refractivity contribution in [2.45, 2.75) is 32.6 Å². The molecule has 0 N–H and O–H groups in total. The van der Waals surface area contributed by atoms with E-state index in [1.54, 1.807) is 18.2 Å². The second kappa shape index (κ2) is 7.87. The van der Waals surface area contributed by atoms with Gasteiger partial charge in [0.05, 0.1) is 5.88 Å². The first-order valence-electron chi connectivity index (χ1n) is 8.79. The number of imide groups is 1. The number of halogens is 1. The van der Waals surface area contributed by atoms with Crippen LogP contribution in [0.25, 0.3) is 10.8 Å². The Hall–Kier alpha value is -2.07. The first-order valence-corrected chi connectivity index (χ1v) is 9.33. The van der Waals surface area contributed by atoms with Crippen LogP contribution in [0, 0.1) is 0 Å². The quantitative estimate of drug-likeness (QED) is 0.392. The monoisotopic (exact) mass is 359 g/mol. The Morgan fingerprint density at radius 3 is 2.48 bits per heavy atom. The Labute approximate surface area is 152 Å². The van der Waals surface area contributed by atoms with Crippen LogP contribution in [0.15, 0.2) is 30.3 Å². The minimum atomic E-state index is -0.214. The van der Waals surface area contributed by atoms with Gasteiger partial charge in [0.25, 0.3) is 11.8 Å². The van der Waals surface area contributed by atoms with Gasteiger partial charge < -0.3 is 4.74 Å². The maximum Gasteiger partial charge on any atom is 0.261 e. The van der Waals surface area contributed by atoms with Gasteiger partial charge in [0.1, 0.15) is 12.4 Å². The van der Waals surface area contributed by atoms with E-state index in [1.165, 1.54) is 4.90 Å². The first kappa shape index (κ1) is 17.7. The summed E-state index contributed by atoms with van der Waals surface area (Å²) in [5, 5.41) is 1.47. The van der Waals surface area contributed by atoms with Crippen molar-refractivity contribution in [3.8, 4) is 5.75 Å².